The van der Waals surface area contributed by atoms with Gasteiger partial charge in [-0.2, -0.15) is 5.26 Å². The summed E-state index contributed by atoms with van der Waals surface area (Å²) >= 11 is 0. The Morgan fingerprint density at radius 2 is 2.31 bits per heavy atom. The second kappa shape index (κ2) is 7.55. The van der Waals surface area contributed by atoms with Gasteiger partial charge in [-0.25, -0.2) is 0 Å². The van der Waals surface area contributed by atoms with Gasteiger partial charge in [0.2, 0.25) is 0 Å². The molecule has 0 atom stereocenters. The third-order valence-corrected chi connectivity index (χ3v) is 1.88. The number of carbonyl (C=O) groups is 1. The summed E-state index contributed by atoms with van der Waals surface area (Å²) in [5.41, 5.74) is 1.43. The normalized spacial score (nSPS) is 8.50. The first-order valence-corrected chi connectivity index (χ1v) is 4.57. The van der Waals surface area contributed by atoms with Crippen molar-refractivity contribution < 1.29 is 9.53 Å². The van der Waals surface area contributed by atoms with Gasteiger partial charge in [-0.3, -0.25) is 4.79 Å². The van der Waals surface area contributed by atoms with Crippen LogP contribution in [0.4, 0.5) is 5.69 Å². The lowest BCUT2D eigenvalue weighted by atomic mass is 10.2. The number of carbonyl (C=O) groups excluding carboxylic acids is 1. The van der Waals surface area contributed by atoms with Crippen LogP contribution in [0.15, 0.2) is 24.3 Å². The second-order valence-corrected chi connectivity index (χ2v) is 2.95. The van der Waals surface area contributed by atoms with Crippen LogP contribution in [0.3, 0.4) is 0 Å². The number of nitriles is 1. The smallest absolute Gasteiger partial charge is 0.307 e. The molecule has 4 nitrogen and oxygen atoms in total. The van der Waals surface area contributed by atoms with Gasteiger partial charge >= 0.3 is 5.97 Å². The van der Waals surface area contributed by atoms with E-state index in [1.165, 1.54) is 7.11 Å². The lowest BCUT2D eigenvalue weighted by Crippen LogP contribution is -2.09. The summed E-state index contributed by atoms with van der Waals surface area (Å²) in [6.07, 6.45) is 0.313. The summed E-state index contributed by atoms with van der Waals surface area (Å²) in [7, 11) is 1.36. The van der Waals surface area contributed by atoms with E-state index in [0.717, 1.165) is 5.69 Å². The molecule has 0 bridgehead atoms. The van der Waals surface area contributed by atoms with Crippen LogP contribution in [0.5, 0.6) is 0 Å². The standard InChI is InChI=1S/C11H12N2O2.ClH/c1-15-11(14)5-6-13-10-4-2-3-9(7-10)8-12;/h2-4,7,13H,5-6H2,1H3;1H. The van der Waals surface area contributed by atoms with Crippen LogP contribution in [0.2, 0.25) is 0 Å². The molecule has 0 saturated carbocycles. The number of ether oxygens (including phenoxy) is 1. The zero-order valence-electron chi connectivity index (χ0n) is 8.90. The molecule has 5 heteroatoms. The average Bonchev–Trinajstić information content (AvgIpc) is 2.29. The number of rotatable bonds is 4. The maximum atomic E-state index is 10.8. The van der Waals surface area contributed by atoms with E-state index in [1.807, 2.05) is 12.1 Å². The number of esters is 1. The maximum absolute atomic E-state index is 10.8. The molecule has 0 aliphatic heterocycles. The van der Waals surface area contributed by atoms with E-state index in [-0.39, 0.29) is 18.4 Å². The Morgan fingerprint density at radius 1 is 1.56 bits per heavy atom. The highest BCUT2D eigenvalue weighted by atomic mass is 35.5. The van der Waals surface area contributed by atoms with Gasteiger partial charge in [0.1, 0.15) is 0 Å². The molecule has 0 aliphatic rings. The van der Waals surface area contributed by atoms with Crippen molar-refractivity contribution in [3.63, 3.8) is 0 Å². The van der Waals surface area contributed by atoms with E-state index in [1.54, 1.807) is 18.2 Å². The van der Waals surface area contributed by atoms with Gasteiger partial charge in [0.05, 0.1) is 25.2 Å². The fourth-order valence-electron chi connectivity index (χ4n) is 1.11. The zero-order chi connectivity index (χ0) is 11.1. The molecule has 0 amide bonds. The van der Waals surface area contributed by atoms with Crippen molar-refractivity contribution in [2.45, 2.75) is 6.42 Å². The van der Waals surface area contributed by atoms with Crippen LogP contribution in [0.25, 0.3) is 0 Å². The van der Waals surface area contributed by atoms with Crippen molar-refractivity contribution in [2.75, 3.05) is 19.0 Å². The molecule has 1 rings (SSSR count). The Labute approximate surface area is 101 Å². The van der Waals surface area contributed by atoms with Crippen molar-refractivity contribution in [1.29, 1.82) is 5.26 Å². The SMILES string of the molecule is COC(=O)CCNc1cccc(C#N)c1.Cl. The molecule has 1 aromatic carbocycles. The largest absolute Gasteiger partial charge is 0.469 e. The van der Waals surface area contributed by atoms with Crippen LogP contribution in [-0.2, 0) is 9.53 Å². The summed E-state index contributed by atoms with van der Waals surface area (Å²) in [6, 6.07) is 9.14. The van der Waals surface area contributed by atoms with E-state index >= 15 is 0 Å². The zero-order valence-corrected chi connectivity index (χ0v) is 9.71. The van der Waals surface area contributed by atoms with Gasteiger partial charge in [0, 0.05) is 12.2 Å². The molecule has 0 spiro atoms. The first-order valence-electron chi connectivity index (χ1n) is 4.57. The van der Waals surface area contributed by atoms with E-state index < -0.39 is 0 Å². The van der Waals surface area contributed by atoms with Crippen LogP contribution in [-0.4, -0.2) is 19.6 Å². The monoisotopic (exact) mass is 240 g/mol. The van der Waals surface area contributed by atoms with Crippen LogP contribution < -0.4 is 5.32 Å². The summed E-state index contributed by atoms with van der Waals surface area (Å²) < 4.78 is 4.50. The molecule has 0 saturated heterocycles. The van der Waals surface area contributed by atoms with Crippen LogP contribution in [0.1, 0.15) is 12.0 Å². The summed E-state index contributed by atoms with van der Waals surface area (Å²) in [5, 5.41) is 11.7. The Bertz CT molecular complexity index is 388. The molecule has 0 heterocycles. The number of halogens is 1. The first kappa shape index (κ1) is 14.3. The minimum absolute atomic E-state index is 0. The summed E-state index contributed by atoms with van der Waals surface area (Å²) in [6.45, 7) is 0.502. The molecule has 0 unspecified atom stereocenters. The van der Waals surface area contributed by atoms with Crippen molar-refractivity contribution in [2.24, 2.45) is 0 Å². The summed E-state index contributed by atoms with van der Waals surface area (Å²) in [5.74, 6) is -0.251. The van der Waals surface area contributed by atoms with Crippen molar-refractivity contribution in [1.82, 2.24) is 0 Å². The van der Waals surface area contributed by atoms with E-state index in [2.05, 4.69) is 10.1 Å². The van der Waals surface area contributed by atoms with E-state index in [9.17, 15) is 4.79 Å². The Kier molecular flexibility index (Phi) is 6.73. The van der Waals surface area contributed by atoms with Gasteiger partial charge in [-0.05, 0) is 18.2 Å². The lowest BCUT2D eigenvalue weighted by Gasteiger charge is -2.05. The van der Waals surface area contributed by atoms with Gasteiger partial charge in [-0.15, -0.1) is 12.4 Å². The maximum Gasteiger partial charge on any atom is 0.307 e. The van der Waals surface area contributed by atoms with Crippen LogP contribution >= 0.6 is 12.4 Å². The molecule has 86 valence electrons. The quantitative estimate of drug-likeness (QED) is 0.818. The molecule has 0 radical (unpaired) electrons. The highest BCUT2D eigenvalue weighted by Crippen LogP contribution is 2.09. The number of benzene rings is 1. The highest BCUT2D eigenvalue weighted by Gasteiger charge is 1.99. The molecule has 0 aromatic heterocycles. The third-order valence-electron chi connectivity index (χ3n) is 1.88. The topological polar surface area (TPSA) is 62.1 Å². The minimum atomic E-state index is -0.251. The average molecular weight is 241 g/mol. The Balaban J connectivity index is 0.00000225. The predicted molar refractivity (Wildman–Crippen MR) is 63.5 cm³/mol. The number of nitrogens with zero attached hydrogens (tertiary/aromatic N) is 1. The number of hydrogen-bond acceptors (Lipinski definition) is 4. The molecular formula is C11H13ClN2O2. The minimum Gasteiger partial charge on any atom is -0.469 e. The molecule has 1 aromatic rings. The fraction of sp³-hybridized carbons (Fsp3) is 0.273. The first-order chi connectivity index (χ1) is 7.26. The molecule has 16 heavy (non-hydrogen) atoms. The number of anilines is 1. The molecule has 1 N–H and O–H groups in total. The van der Waals surface area contributed by atoms with E-state index in [4.69, 9.17) is 5.26 Å². The van der Waals surface area contributed by atoms with Crippen molar-refractivity contribution >= 4 is 24.1 Å². The van der Waals surface area contributed by atoms with Crippen molar-refractivity contribution in [3.8, 4) is 6.07 Å². The molecule has 0 aliphatic carbocycles. The number of hydrogen-bond donors (Lipinski definition) is 1. The van der Waals surface area contributed by atoms with Gasteiger partial charge in [0.25, 0.3) is 0 Å². The van der Waals surface area contributed by atoms with Gasteiger partial charge in [0.15, 0.2) is 0 Å². The third kappa shape index (κ3) is 4.67. The Hall–Kier alpha value is -1.73. The lowest BCUT2D eigenvalue weighted by molar-refractivity contribution is -0.140. The van der Waals surface area contributed by atoms with Gasteiger partial charge in [-0.1, -0.05) is 6.07 Å². The van der Waals surface area contributed by atoms with Gasteiger partial charge < -0.3 is 10.1 Å². The predicted octanol–water partition coefficient (Wildman–Crippen LogP) is 1.96. The second-order valence-electron chi connectivity index (χ2n) is 2.95. The highest BCUT2D eigenvalue weighted by molar-refractivity contribution is 5.85. The summed E-state index contributed by atoms with van der Waals surface area (Å²) in [4.78, 5) is 10.8. The number of methoxy groups -OCH3 is 1. The van der Waals surface area contributed by atoms with Crippen LogP contribution in [0, 0.1) is 11.3 Å². The molecular weight excluding hydrogens is 228 g/mol. The molecule has 0 fully saturated rings. The van der Waals surface area contributed by atoms with Crippen molar-refractivity contribution in [3.05, 3.63) is 29.8 Å². The fourth-order valence-corrected chi connectivity index (χ4v) is 1.11. The number of nitrogens with one attached hydrogen (secondary N) is 1. The Morgan fingerprint density at radius 3 is 2.94 bits per heavy atom. The van der Waals surface area contributed by atoms with E-state index in [0.29, 0.717) is 18.5 Å².